The van der Waals surface area contributed by atoms with Crippen molar-refractivity contribution in [2.24, 2.45) is 0 Å². The highest BCUT2D eigenvalue weighted by molar-refractivity contribution is 5.94. The fourth-order valence-electron chi connectivity index (χ4n) is 2.17. The number of nitrogens with zero attached hydrogens (tertiary/aromatic N) is 2. The van der Waals surface area contributed by atoms with Crippen molar-refractivity contribution in [3.8, 4) is 17.2 Å². The molecule has 8 nitrogen and oxygen atoms in total. The van der Waals surface area contributed by atoms with Crippen LogP contribution in [0.1, 0.15) is 16.2 Å². The SMILES string of the molecule is O=C(O)COc1ccc(C(=O)NCc2noc(-c3cccc(F)c3)n2)cc1. The van der Waals surface area contributed by atoms with Gasteiger partial charge in [0.25, 0.3) is 11.8 Å². The van der Waals surface area contributed by atoms with Gasteiger partial charge in [0.2, 0.25) is 0 Å². The van der Waals surface area contributed by atoms with Crippen molar-refractivity contribution in [2.45, 2.75) is 6.54 Å². The summed E-state index contributed by atoms with van der Waals surface area (Å²) in [5.41, 5.74) is 0.795. The van der Waals surface area contributed by atoms with E-state index in [1.54, 1.807) is 6.07 Å². The van der Waals surface area contributed by atoms with Gasteiger partial charge in [0.05, 0.1) is 6.54 Å². The number of halogens is 1. The number of carboxylic acids is 1. The third kappa shape index (κ3) is 4.88. The second-order valence-electron chi connectivity index (χ2n) is 5.42. The van der Waals surface area contributed by atoms with Crippen molar-refractivity contribution in [3.63, 3.8) is 0 Å². The van der Waals surface area contributed by atoms with Gasteiger partial charge >= 0.3 is 5.97 Å². The normalized spacial score (nSPS) is 10.4. The van der Waals surface area contributed by atoms with E-state index >= 15 is 0 Å². The molecule has 0 bridgehead atoms. The first-order valence-electron chi connectivity index (χ1n) is 7.82. The lowest BCUT2D eigenvalue weighted by atomic mass is 10.2. The molecule has 2 N–H and O–H groups in total. The van der Waals surface area contributed by atoms with E-state index < -0.39 is 18.4 Å². The van der Waals surface area contributed by atoms with Gasteiger partial charge in [-0.1, -0.05) is 11.2 Å². The fourth-order valence-corrected chi connectivity index (χ4v) is 2.17. The summed E-state index contributed by atoms with van der Waals surface area (Å²) in [6.07, 6.45) is 0. The van der Waals surface area contributed by atoms with Gasteiger partial charge in [0, 0.05) is 11.1 Å². The number of nitrogens with one attached hydrogen (secondary N) is 1. The van der Waals surface area contributed by atoms with E-state index in [1.807, 2.05) is 0 Å². The monoisotopic (exact) mass is 371 g/mol. The molecule has 0 aliphatic carbocycles. The molecule has 0 unspecified atom stereocenters. The Morgan fingerprint density at radius 2 is 1.96 bits per heavy atom. The molecular weight excluding hydrogens is 357 g/mol. The highest BCUT2D eigenvalue weighted by Gasteiger charge is 2.12. The van der Waals surface area contributed by atoms with E-state index in [9.17, 15) is 14.0 Å². The van der Waals surface area contributed by atoms with Crippen molar-refractivity contribution < 1.29 is 28.3 Å². The average molecular weight is 371 g/mol. The summed E-state index contributed by atoms with van der Waals surface area (Å²) in [5, 5.41) is 14.9. The second-order valence-corrected chi connectivity index (χ2v) is 5.42. The number of carbonyl (C=O) groups is 2. The number of hydrogen-bond donors (Lipinski definition) is 2. The first-order valence-corrected chi connectivity index (χ1v) is 7.82. The smallest absolute Gasteiger partial charge is 0.341 e. The quantitative estimate of drug-likeness (QED) is 0.655. The predicted octanol–water partition coefficient (Wildman–Crippen LogP) is 2.27. The largest absolute Gasteiger partial charge is 0.482 e. The molecule has 0 saturated heterocycles. The minimum absolute atomic E-state index is 0.0227. The summed E-state index contributed by atoms with van der Waals surface area (Å²) in [6.45, 7) is -0.439. The maximum atomic E-state index is 13.2. The molecular formula is C18H14FN3O5. The molecule has 0 aliphatic rings. The molecule has 0 saturated carbocycles. The Bertz CT molecular complexity index is 956. The number of rotatable bonds is 7. The summed E-state index contributed by atoms with van der Waals surface area (Å²) >= 11 is 0. The van der Waals surface area contributed by atoms with Gasteiger partial charge in [-0.25, -0.2) is 9.18 Å². The zero-order valence-electron chi connectivity index (χ0n) is 13.9. The molecule has 0 aliphatic heterocycles. The van der Waals surface area contributed by atoms with Crippen LogP contribution in [0, 0.1) is 5.82 Å². The summed E-state index contributed by atoms with van der Waals surface area (Å²) in [6, 6.07) is 11.7. The average Bonchev–Trinajstić information content (AvgIpc) is 3.14. The number of hydrogen-bond acceptors (Lipinski definition) is 6. The Kier molecular flexibility index (Phi) is 5.41. The van der Waals surface area contributed by atoms with E-state index in [1.165, 1.54) is 42.5 Å². The number of carbonyl (C=O) groups excluding carboxylic acids is 1. The van der Waals surface area contributed by atoms with Gasteiger partial charge in [0.1, 0.15) is 11.6 Å². The van der Waals surface area contributed by atoms with Crippen LogP contribution in [0.3, 0.4) is 0 Å². The van der Waals surface area contributed by atoms with E-state index in [-0.39, 0.29) is 24.2 Å². The highest BCUT2D eigenvalue weighted by Crippen LogP contribution is 2.18. The van der Waals surface area contributed by atoms with Gasteiger partial charge in [-0.2, -0.15) is 4.98 Å². The number of carboxylic acid groups (broad SMARTS) is 1. The predicted molar refractivity (Wildman–Crippen MR) is 90.4 cm³/mol. The number of ether oxygens (including phenoxy) is 1. The Morgan fingerprint density at radius 1 is 1.19 bits per heavy atom. The third-order valence-corrected chi connectivity index (χ3v) is 3.43. The van der Waals surface area contributed by atoms with Gasteiger partial charge in [-0.05, 0) is 42.5 Å². The fraction of sp³-hybridized carbons (Fsp3) is 0.111. The summed E-state index contributed by atoms with van der Waals surface area (Å²) in [5.74, 6) is -1.16. The van der Waals surface area contributed by atoms with Crippen LogP contribution in [0.5, 0.6) is 5.75 Å². The topological polar surface area (TPSA) is 115 Å². The number of amides is 1. The zero-order valence-corrected chi connectivity index (χ0v) is 13.9. The molecule has 0 atom stereocenters. The van der Waals surface area contributed by atoms with Crippen LogP contribution in [0.2, 0.25) is 0 Å². The lowest BCUT2D eigenvalue weighted by molar-refractivity contribution is -0.139. The van der Waals surface area contributed by atoms with Crippen molar-refractivity contribution in [1.29, 1.82) is 0 Å². The summed E-state index contributed by atoms with van der Waals surface area (Å²) < 4.78 is 23.3. The van der Waals surface area contributed by atoms with Gasteiger partial charge in [-0.3, -0.25) is 4.79 Å². The van der Waals surface area contributed by atoms with Crippen molar-refractivity contribution in [2.75, 3.05) is 6.61 Å². The van der Waals surface area contributed by atoms with Crippen molar-refractivity contribution in [1.82, 2.24) is 15.5 Å². The molecule has 2 aromatic carbocycles. The first-order chi connectivity index (χ1) is 13.0. The molecule has 0 radical (unpaired) electrons. The van der Waals surface area contributed by atoms with Crippen LogP contribution in [-0.2, 0) is 11.3 Å². The number of aromatic nitrogens is 2. The van der Waals surface area contributed by atoms with Crippen LogP contribution in [0.15, 0.2) is 53.1 Å². The van der Waals surface area contributed by atoms with Crippen LogP contribution in [0.25, 0.3) is 11.5 Å². The van der Waals surface area contributed by atoms with E-state index in [0.717, 1.165) is 0 Å². The first kappa shape index (κ1) is 18.1. The molecule has 27 heavy (non-hydrogen) atoms. The second kappa shape index (κ2) is 8.09. The van der Waals surface area contributed by atoms with Gasteiger partial charge < -0.3 is 19.7 Å². The lowest BCUT2D eigenvalue weighted by Gasteiger charge is -2.05. The Balaban J connectivity index is 1.57. The van der Waals surface area contributed by atoms with Crippen molar-refractivity contribution in [3.05, 3.63) is 65.7 Å². The zero-order chi connectivity index (χ0) is 19.2. The molecule has 3 aromatic rings. The summed E-state index contributed by atoms with van der Waals surface area (Å²) in [7, 11) is 0. The highest BCUT2D eigenvalue weighted by atomic mass is 19.1. The molecule has 0 spiro atoms. The molecule has 1 heterocycles. The Labute approximate surface area is 152 Å². The maximum absolute atomic E-state index is 13.2. The lowest BCUT2D eigenvalue weighted by Crippen LogP contribution is -2.23. The standard InChI is InChI=1S/C18H14FN3O5/c19-13-3-1-2-12(8-13)18-21-15(22-27-18)9-20-17(25)11-4-6-14(7-5-11)26-10-16(23)24/h1-8H,9-10H2,(H,20,25)(H,23,24). The molecule has 9 heteroatoms. The molecule has 1 aromatic heterocycles. The molecule has 3 rings (SSSR count). The number of benzene rings is 2. The van der Waals surface area contributed by atoms with Crippen LogP contribution in [-0.4, -0.2) is 33.7 Å². The minimum atomic E-state index is -1.09. The van der Waals surface area contributed by atoms with E-state index in [0.29, 0.717) is 16.9 Å². The Hall–Kier alpha value is -3.75. The Morgan fingerprint density at radius 3 is 2.67 bits per heavy atom. The third-order valence-electron chi connectivity index (χ3n) is 3.43. The molecule has 0 fully saturated rings. The minimum Gasteiger partial charge on any atom is -0.482 e. The maximum Gasteiger partial charge on any atom is 0.341 e. The van der Waals surface area contributed by atoms with Crippen LogP contribution < -0.4 is 10.1 Å². The van der Waals surface area contributed by atoms with Crippen LogP contribution >= 0.6 is 0 Å². The van der Waals surface area contributed by atoms with Crippen LogP contribution in [0.4, 0.5) is 4.39 Å². The van der Waals surface area contributed by atoms with E-state index in [2.05, 4.69) is 15.5 Å². The molecule has 138 valence electrons. The number of aliphatic carboxylic acids is 1. The molecule has 1 amide bonds. The van der Waals surface area contributed by atoms with Gasteiger partial charge in [0.15, 0.2) is 12.4 Å². The summed E-state index contributed by atoms with van der Waals surface area (Å²) in [4.78, 5) is 26.7. The van der Waals surface area contributed by atoms with Gasteiger partial charge in [-0.15, -0.1) is 0 Å². The van der Waals surface area contributed by atoms with E-state index in [4.69, 9.17) is 14.4 Å². The van der Waals surface area contributed by atoms with Crippen molar-refractivity contribution >= 4 is 11.9 Å².